The third-order valence-electron chi connectivity index (χ3n) is 4.19. The van der Waals surface area contributed by atoms with E-state index in [1.807, 2.05) is 30.3 Å². The first-order valence-corrected chi connectivity index (χ1v) is 9.72. The molecule has 0 aromatic heterocycles. The third kappa shape index (κ3) is 8.26. The number of carbonyl (C=O) groups is 2. The Labute approximate surface area is 182 Å². The average molecular weight is 425 g/mol. The molecule has 0 heterocycles. The summed E-state index contributed by atoms with van der Waals surface area (Å²) in [6, 6.07) is 12.8. The van der Waals surface area contributed by atoms with Gasteiger partial charge in [0.25, 0.3) is 5.91 Å². The molecule has 31 heavy (non-hydrogen) atoms. The number of carbonyl (C=O) groups excluding carboxylic acids is 2. The van der Waals surface area contributed by atoms with Crippen LogP contribution in [0.25, 0.3) is 6.08 Å². The minimum Gasteiger partial charge on any atom is -0.493 e. The van der Waals surface area contributed by atoms with E-state index in [1.165, 1.54) is 6.08 Å². The van der Waals surface area contributed by atoms with E-state index in [2.05, 4.69) is 11.9 Å². The smallest absolute Gasteiger partial charge is 0.331 e. The topological polar surface area (TPSA) is 83.1 Å². The second-order valence-corrected chi connectivity index (χ2v) is 6.40. The van der Waals surface area contributed by atoms with Gasteiger partial charge in [0.2, 0.25) is 0 Å². The quantitative estimate of drug-likeness (QED) is 0.320. The lowest BCUT2D eigenvalue weighted by Crippen LogP contribution is -2.30. The molecule has 0 bridgehead atoms. The summed E-state index contributed by atoms with van der Waals surface area (Å²) < 4.78 is 20.8. The number of benzene rings is 2. The van der Waals surface area contributed by atoms with Crippen LogP contribution in [-0.2, 0) is 20.7 Å². The lowest BCUT2D eigenvalue weighted by atomic mass is 10.1. The number of esters is 1. The Morgan fingerprint density at radius 2 is 1.77 bits per heavy atom. The van der Waals surface area contributed by atoms with E-state index in [0.717, 1.165) is 11.1 Å². The summed E-state index contributed by atoms with van der Waals surface area (Å²) in [5, 5.41) is 2.72. The van der Waals surface area contributed by atoms with Gasteiger partial charge in [0.15, 0.2) is 18.1 Å². The van der Waals surface area contributed by atoms with Crippen LogP contribution in [0.2, 0.25) is 0 Å². The molecular formula is C24H27NO6. The summed E-state index contributed by atoms with van der Waals surface area (Å²) >= 11 is 0. The van der Waals surface area contributed by atoms with Gasteiger partial charge >= 0.3 is 5.97 Å². The molecule has 1 N–H and O–H groups in total. The molecule has 0 fully saturated rings. The van der Waals surface area contributed by atoms with Crippen molar-refractivity contribution < 1.29 is 28.5 Å². The highest BCUT2D eigenvalue weighted by molar-refractivity contribution is 5.89. The van der Waals surface area contributed by atoms with Crippen molar-refractivity contribution in [2.45, 2.75) is 6.42 Å². The van der Waals surface area contributed by atoms with Crippen LogP contribution in [0.3, 0.4) is 0 Å². The van der Waals surface area contributed by atoms with E-state index in [4.69, 9.17) is 18.9 Å². The van der Waals surface area contributed by atoms with Gasteiger partial charge in [-0.3, -0.25) is 4.79 Å². The summed E-state index contributed by atoms with van der Waals surface area (Å²) in [6.45, 7) is 4.08. The van der Waals surface area contributed by atoms with Crippen LogP contribution >= 0.6 is 0 Å². The number of ether oxygens (including phenoxy) is 4. The monoisotopic (exact) mass is 425 g/mol. The van der Waals surface area contributed by atoms with Gasteiger partial charge in [-0.1, -0.05) is 30.9 Å². The van der Waals surface area contributed by atoms with Crippen molar-refractivity contribution in [2.75, 3.05) is 34.0 Å². The maximum atomic E-state index is 11.9. The Morgan fingerprint density at radius 3 is 2.45 bits per heavy atom. The van der Waals surface area contributed by atoms with Gasteiger partial charge in [0.1, 0.15) is 12.4 Å². The zero-order chi connectivity index (χ0) is 22.5. The SMILES string of the molecule is C=CCOc1ccc(/C=C/C(=O)OCC(=O)NCCc2ccc(OC)c(OC)c2)cc1. The average Bonchev–Trinajstić information content (AvgIpc) is 2.80. The minimum absolute atomic E-state index is 0.344. The molecule has 164 valence electrons. The van der Waals surface area contributed by atoms with Crippen LogP contribution in [0.4, 0.5) is 0 Å². The molecule has 0 atom stereocenters. The second-order valence-electron chi connectivity index (χ2n) is 6.40. The highest BCUT2D eigenvalue weighted by Crippen LogP contribution is 2.27. The Kier molecular flexibility index (Phi) is 9.68. The predicted octanol–water partition coefficient (Wildman–Crippen LogP) is 3.18. The predicted molar refractivity (Wildman–Crippen MR) is 118 cm³/mol. The van der Waals surface area contributed by atoms with Gasteiger partial charge in [0.05, 0.1) is 14.2 Å². The summed E-state index contributed by atoms with van der Waals surface area (Å²) in [4.78, 5) is 23.7. The van der Waals surface area contributed by atoms with E-state index >= 15 is 0 Å². The first-order chi connectivity index (χ1) is 15.0. The van der Waals surface area contributed by atoms with Crippen molar-refractivity contribution in [1.29, 1.82) is 0 Å². The summed E-state index contributed by atoms with van der Waals surface area (Å²) in [7, 11) is 3.14. The fourth-order valence-electron chi connectivity index (χ4n) is 2.61. The Balaban J connectivity index is 1.70. The van der Waals surface area contributed by atoms with Gasteiger partial charge in [-0.2, -0.15) is 0 Å². The number of hydrogen-bond donors (Lipinski definition) is 1. The first-order valence-electron chi connectivity index (χ1n) is 9.72. The lowest BCUT2D eigenvalue weighted by molar-refractivity contribution is -0.143. The molecule has 0 unspecified atom stereocenters. The van der Waals surface area contributed by atoms with Gasteiger partial charge in [0, 0.05) is 12.6 Å². The first kappa shape index (κ1) is 23.5. The highest BCUT2D eigenvalue weighted by atomic mass is 16.5. The number of amides is 1. The van der Waals surface area contributed by atoms with Crippen LogP contribution in [0.15, 0.2) is 61.2 Å². The Morgan fingerprint density at radius 1 is 1.03 bits per heavy atom. The summed E-state index contributed by atoms with van der Waals surface area (Å²) in [5.41, 5.74) is 1.79. The Bertz CT molecular complexity index is 905. The van der Waals surface area contributed by atoms with Crippen LogP contribution in [-0.4, -0.2) is 45.9 Å². The van der Waals surface area contributed by atoms with Gasteiger partial charge in [-0.05, 0) is 47.9 Å². The maximum Gasteiger partial charge on any atom is 0.331 e. The molecule has 7 nitrogen and oxygen atoms in total. The molecule has 1 amide bonds. The van der Waals surface area contributed by atoms with Crippen molar-refractivity contribution in [3.63, 3.8) is 0 Å². The molecule has 2 rings (SSSR count). The van der Waals surface area contributed by atoms with Crippen molar-refractivity contribution in [3.8, 4) is 17.2 Å². The van der Waals surface area contributed by atoms with E-state index in [-0.39, 0.29) is 12.5 Å². The van der Waals surface area contributed by atoms with Crippen molar-refractivity contribution in [2.24, 2.45) is 0 Å². The van der Waals surface area contributed by atoms with Gasteiger partial charge in [-0.15, -0.1) is 0 Å². The van der Waals surface area contributed by atoms with E-state index in [9.17, 15) is 9.59 Å². The molecular weight excluding hydrogens is 398 g/mol. The normalized spacial score (nSPS) is 10.4. The van der Waals surface area contributed by atoms with Crippen LogP contribution in [0.1, 0.15) is 11.1 Å². The zero-order valence-corrected chi connectivity index (χ0v) is 17.8. The largest absolute Gasteiger partial charge is 0.493 e. The third-order valence-corrected chi connectivity index (χ3v) is 4.19. The molecule has 2 aromatic rings. The molecule has 7 heteroatoms. The molecule has 2 aromatic carbocycles. The van der Waals surface area contributed by atoms with Crippen LogP contribution < -0.4 is 19.5 Å². The van der Waals surface area contributed by atoms with Gasteiger partial charge < -0.3 is 24.3 Å². The fourth-order valence-corrected chi connectivity index (χ4v) is 2.61. The number of hydrogen-bond acceptors (Lipinski definition) is 6. The fraction of sp³-hybridized carbons (Fsp3) is 0.250. The zero-order valence-electron chi connectivity index (χ0n) is 17.8. The van der Waals surface area contributed by atoms with E-state index in [0.29, 0.717) is 36.8 Å². The Hall–Kier alpha value is -3.74. The second kappa shape index (κ2) is 12.7. The molecule has 0 aliphatic rings. The molecule has 0 radical (unpaired) electrons. The van der Waals surface area contributed by atoms with Crippen molar-refractivity contribution in [1.82, 2.24) is 5.32 Å². The van der Waals surface area contributed by atoms with Gasteiger partial charge in [-0.25, -0.2) is 4.79 Å². The number of nitrogens with one attached hydrogen (secondary N) is 1. The standard InChI is InChI=1S/C24H27NO6/c1-4-15-30-20-9-5-18(6-10-20)8-12-24(27)31-17-23(26)25-14-13-19-7-11-21(28-2)22(16-19)29-3/h4-12,16H,1,13-15,17H2,2-3H3,(H,25,26)/b12-8+. The van der Waals surface area contributed by atoms with Crippen molar-refractivity contribution >= 4 is 18.0 Å². The molecule has 0 saturated heterocycles. The molecule has 0 aliphatic carbocycles. The minimum atomic E-state index is -0.595. The van der Waals surface area contributed by atoms with E-state index < -0.39 is 5.97 Å². The number of rotatable bonds is 12. The number of methoxy groups -OCH3 is 2. The summed E-state index contributed by atoms with van der Waals surface area (Å²) in [6.07, 6.45) is 5.15. The maximum absolute atomic E-state index is 11.9. The molecule has 0 saturated carbocycles. The van der Waals surface area contributed by atoms with E-state index in [1.54, 1.807) is 38.5 Å². The highest BCUT2D eigenvalue weighted by Gasteiger charge is 2.07. The molecule has 0 aliphatic heterocycles. The lowest BCUT2D eigenvalue weighted by Gasteiger charge is -2.10. The molecule has 0 spiro atoms. The summed E-state index contributed by atoms with van der Waals surface area (Å²) in [5.74, 6) is 1.02. The van der Waals surface area contributed by atoms with Crippen molar-refractivity contribution in [3.05, 3.63) is 72.3 Å². The van der Waals surface area contributed by atoms with Crippen LogP contribution in [0.5, 0.6) is 17.2 Å². The van der Waals surface area contributed by atoms with Crippen LogP contribution in [0, 0.1) is 0 Å².